The van der Waals surface area contributed by atoms with E-state index in [4.69, 9.17) is 14.2 Å². The van der Waals surface area contributed by atoms with Gasteiger partial charge in [-0.2, -0.15) is 0 Å². The number of nitrogens with zero attached hydrogens (tertiary/aromatic N) is 1. The zero-order valence-electron chi connectivity index (χ0n) is 17.4. The van der Waals surface area contributed by atoms with Crippen LogP contribution in [-0.2, 0) is 11.2 Å². The van der Waals surface area contributed by atoms with Crippen LogP contribution in [0.4, 0.5) is 5.69 Å². The lowest BCUT2D eigenvalue weighted by molar-refractivity contribution is -0.121. The van der Waals surface area contributed by atoms with Crippen molar-refractivity contribution in [2.24, 2.45) is 5.92 Å². The fourth-order valence-corrected chi connectivity index (χ4v) is 3.47. The SMILES string of the molecule is C=CCc1ccc(OCC(=O)N(c2ccc(OC)cc2)C(C)C2CC2)c(OC)c1. The smallest absolute Gasteiger partial charge is 0.265 e. The largest absolute Gasteiger partial charge is 0.497 e. The molecule has 2 aromatic rings. The molecule has 0 aliphatic heterocycles. The molecule has 0 radical (unpaired) electrons. The molecule has 1 amide bonds. The van der Waals surface area contributed by atoms with Crippen LogP contribution in [0.5, 0.6) is 17.2 Å². The molecule has 0 N–H and O–H groups in total. The van der Waals surface area contributed by atoms with Gasteiger partial charge >= 0.3 is 0 Å². The monoisotopic (exact) mass is 395 g/mol. The van der Waals surface area contributed by atoms with E-state index >= 15 is 0 Å². The van der Waals surface area contributed by atoms with E-state index in [2.05, 4.69) is 13.5 Å². The zero-order chi connectivity index (χ0) is 20.8. The molecule has 5 nitrogen and oxygen atoms in total. The summed E-state index contributed by atoms with van der Waals surface area (Å²) in [5.74, 6) is 2.40. The number of rotatable bonds is 10. The van der Waals surface area contributed by atoms with Gasteiger partial charge in [0.25, 0.3) is 5.91 Å². The van der Waals surface area contributed by atoms with Crippen molar-refractivity contribution in [1.82, 2.24) is 0 Å². The number of carbonyl (C=O) groups excluding carboxylic acids is 1. The number of amides is 1. The van der Waals surface area contributed by atoms with Crippen LogP contribution in [0.2, 0.25) is 0 Å². The number of hydrogen-bond acceptors (Lipinski definition) is 4. The summed E-state index contributed by atoms with van der Waals surface area (Å²) in [5.41, 5.74) is 1.94. The number of allylic oxidation sites excluding steroid dienone is 1. The van der Waals surface area contributed by atoms with E-state index in [1.54, 1.807) is 14.2 Å². The van der Waals surface area contributed by atoms with Gasteiger partial charge in [-0.15, -0.1) is 6.58 Å². The van der Waals surface area contributed by atoms with Gasteiger partial charge in [-0.25, -0.2) is 0 Å². The zero-order valence-corrected chi connectivity index (χ0v) is 17.4. The van der Waals surface area contributed by atoms with Crippen LogP contribution >= 0.6 is 0 Å². The lowest BCUT2D eigenvalue weighted by Crippen LogP contribution is -2.42. The first-order valence-electron chi connectivity index (χ1n) is 9.94. The highest BCUT2D eigenvalue weighted by Crippen LogP contribution is 2.37. The summed E-state index contributed by atoms with van der Waals surface area (Å²) in [7, 11) is 3.23. The number of benzene rings is 2. The maximum absolute atomic E-state index is 13.1. The molecule has 0 heterocycles. The summed E-state index contributed by atoms with van der Waals surface area (Å²) in [6.07, 6.45) is 4.89. The van der Waals surface area contributed by atoms with E-state index in [1.807, 2.05) is 53.4 Å². The predicted molar refractivity (Wildman–Crippen MR) is 115 cm³/mol. The minimum Gasteiger partial charge on any atom is -0.497 e. The molecule has 5 heteroatoms. The molecule has 0 bridgehead atoms. The maximum Gasteiger partial charge on any atom is 0.265 e. The van der Waals surface area contributed by atoms with E-state index in [-0.39, 0.29) is 18.6 Å². The highest BCUT2D eigenvalue weighted by atomic mass is 16.5. The first-order chi connectivity index (χ1) is 14.1. The summed E-state index contributed by atoms with van der Waals surface area (Å²) in [6.45, 7) is 5.80. The Balaban J connectivity index is 1.75. The summed E-state index contributed by atoms with van der Waals surface area (Å²) in [5, 5.41) is 0. The third-order valence-corrected chi connectivity index (χ3v) is 5.29. The first kappa shape index (κ1) is 20.8. The molecule has 0 saturated heterocycles. The van der Waals surface area contributed by atoms with Crippen LogP contribution in [0.15, 0.2) is 55.1 Å². The van der Waals surface area contributed by atoms with Gasteiger partial charge in [0.05, 0.1) is 14.2 Å². The van der Waals surface area contributed by atoms with Gasteiger partial charge in [0.15, 0.2) is 18.1 Å². The van der Waals surface area contributed by atoms with E-state index in [0.717, 1.165) is 36.3 Å². The lowest BCUT2D eigenvalue weighted by atomic mass is 10.1. The van der Waals surface area contributed by atoms with E-state index in [9.17, 15) is 4.79 Å². The van der Waals surface area contributed by atoms with Crippen molar-refractivity contribution in [1.29, 1.82) is 0 Å². The first-order valence-corrected chi connectivity index (χ1v) is 9.94. The van der Waals surface area contributed by atoms with Crippen molar-refractivity contribution in [2.45, 2.75) is 32.2 Å². The number of ether oxygens (including phenoxy) is 3. The third-order valence-electron chi connectivity index (χ3n) is 5.29. The van der Waals surface area contributed by atoms with E-state index < -0.39 is 0 Å². The quantitative estimate of drug-likeness (QED) is 0.550. The summed E-state index contributed by atoms with van der Waals surface area (Å²) in [4.78, 5) is 15.0. The van der Waals surface area contributed by atoms with Crippen molar-refractivity contribution in [3.05, 3.63) is 60.7 Å². The molecular weight excluding hydrogens is 366 g/mol. The maximum atomic E-state index is 13.1. The van der Waals surface area contributed by atoms with E-state index in [0.29, 0.717) is 17.4 Å². The third kappa shape index (κ3) is 5.11. The Kier molecular flexibility index (Phi) is 6.81. The molecule has 0 aromatic heterocycles. The normalized spacial score (nSPS) is 14.0. The van der Waals surface area contributed by atoms with Gasteiger partial charge in [-0.1, -0.05) is 12.1 Å². The molecule has 1 aliphatic carbocycles. The van der Waals surface area contributed by atoms with Crippen molar-refractivity contribution in [3.63, 3.8) is 0 Å². The Morgan fingerprint density at radius 1 is 1.14 bits per heavy atom. The molecule has 1 unspecified atom stereocenters. The van der Waals surface area contributed by atoms with Crippen LogP contribution in [-0.4, -0.2) is 32.8 Å². The van der Waals surface area contributed by atoms with Crippen molar-refractivity contribution in [3.8, 4) is 17.2 Å². The standard InChI is InChI=1S/C24H29NO4/c1-5-6-18-7-14-22(23(15-18)28-4)29-16-24(26)25(17(2)19-8-9-19)20-10-12-21(27-3)13-11-20/h5,7,10-15,17,19H,1,6,8-9,16H2,2-4H3. The molecule has 29 heavy (non-hydrogen) atoms. The molecule has 1 saturated carbocycles. The molecule has 0 spiro atoms. The fourth-order valence-electron chi connectivity index (χ4n) is 3.47. The molecule has 2 aromatic carbocycles. The second-order valence-corrected chi connectivity index (χ2v) is 7.31. The van der Waals surface area contributed by atoms with Gasteiger partial charge in [0.1, 0.15) is 5.75 Å². The molecule has 154 valence electrons. The Bertz CT molecular complexity index is 842. The van der Waals surface area contributed by atoms with Crippen LogP contribution in [0.1, 0.15) is 25.3 Å². The second-order valence-electron chi connectivity index (χ2n) is 7.31. The van der Waals surface area contributed by atoms with Crippen LogP contribution < -0.4 is 19.1 Å². The van der Waals surface area contributed by atoms with Crippen LogP contribution in [0.25, 0.3) is 0 Å². The highest BCUT2D eigenvalue weighted by Gasteiger charge is 2.35. The lowest BCUT2D eigenvalue weighted by Gasteiger charge is -2.29. The molecule has 3 rings (SSSR count). The summed E-state index contributed by atoms with van der Waals surface area (Å²) in [6, 6.07) is 13.4. The number of hydrogen-bond donors (Lipinski definition) is 0. The Hall–Kier alpha value is -2.95. The van der Waals surface area contributed by atoms with Gasteiger partial charge in [-0.05, 0) is 74.1 Å². The topological polar surface area (TPSA) is 48.0 Å². The van der Waals surface area contributed by atoms with E-state index in [1.165, 1.54) is 0 Å². The molecular formula is C24H29NO4. The average molecular weight is 395 g/mol. The molecule has 1 fully saturated rings. The van der Waals surface area contributed by atoms with Crippen LogP contribution in [0, 0.1) is 5.92 Å². The summed E-state index contributed by atoms with van der Waals surface area (Å²) < 4.78 is 16.5. The van der Waals surface area contributed by atoms with Crippen molar-refractivity contribution < 1.29 is 19.0 Å². The van der Waals surface area contributed by atoms with Gasteiger partial charge in [0.2, 0.25) is 0 Å². The van der Waals surface area contributed by atoms with Crippen molar-refractivity contribution in [2.75, 3.05) is 25.7 Å². The Morgan fingerprint density at radius 3 is 2.45 bits per heavy atom. The predicted octanol–water partition coefficient (Wildman–Crippen LogP) is 4.64. The molecule has 1 aliphatic rings. The minimum atomic E-state index is -0.0770. The Morgan fingerprint density at radius 2 is 1.86 bits per heavy atom. The summed E-state index contributed by atoms with van der Waals surface area (Å²) >= 11 is 0. The van der Waals surface area contributed by atoms with Crippen LogP contribution in [0.3, 0.4) is 0 Å². The second kappa shape index (κ2) is 9.50. The van der Waals surface area contributed by atoms with Gasteiger partial charge in [-0.3, -0.25) is 4.79 Å². The number of anilines is 1. The highest BCUT2D eigenvalue weighted by molar-refractivity contribution is 5.95. The fraction of sp³-hybridized carbons (Fsp3) is 0.375. The Labute approximate surface area is 172 Å². The average Bonchev–Trinajstić information content (AvgIpc) is 3.59. The van der Waals surface area contributed by atoms with Gasteiger partial charge < -0.3 is 19.1 Å². The van der Waals surface area contributed by atoms with Gasteiger partial charge in [0, 0.05) is 11.7 Å². The number of carbonyl (C=O) groups is 1. The molecule has 1 atom stereocenters. The van der Waals surface area contributed by atoms with Crippen molar-refractivity contribution >= 4 is 11.6 Å². The number of methoxy groups -OCH3 is 2. The minimum absolute atomic E-state index is 0.0553.